The largest absolute Gasteiger partial charge is 0.496 e. The maximum Gasteiger partial charge on any atom is 0.346 e. The quantitative estimate of drug-likeness (QED) is 0.347. The Labute approximate surface area is 122 Å². The van der Waals surface area contributed by atoms with Gasteiger partial charge < -0.3 is 24.6 Å². The number of carbonyl (C=O) groups is 2. The van der Waals surface area contributed by atoms with Crippen LogP contribution in [0.2, 0.25) is 0 Å². The Hall–Kier alpha value is -2.54. The molecule has 0 unspecified atom stereocenters. The Morgan fingerprint density at radius 2 is 1.81 bits per heavy atom. The summed E-state index contributed by atoms with van der Waals surface area (Å²) in [7, 11) is 3.82. The van der Waals surface area contributed by atoms with Gasteiger partial charge in [-0.05, 0) is 18.2 Å². The van der Waals surface area contributed by atoms with E-state index in [2.05, 4.69) is 14.8 Å². The van der Waals surface area contributed by atoms with E-state index in [4.69, 9.17) is 4.74 Å². The molecule has 0 aliphatic heterocycles. The van der Waals surface area contributed by atoms with Crippen LogP contribution in [0, 0.1) is 0 Å². The molecule has 2 N–H and O–H groups in total. The fourth-order valence-electron chi connectivity index (χ4n) is 1.57. The molecule has 1 aromatic rings. The molecule has 0 radical (unpaired) electrons. The summed E-state index contributed by atoms with van der Waals surface area (Å²) in [5.74, 6) is -1.09. The Morgan fingerprint density at radius 1 is 1.19 bits per heavy atom. The van der Waals surface area contributed by atoms with Crippen molar-refractivity contribution in [1.82, 2.24) is 0 Å². The lowest BCUT2D eigenvalue weighted by Gasteiger charge is -2.09. The molecule has 0 aliphatic rings. The highest BCUT2D eigenvalue weighted by Crippen LogP contribution is 2.22. The number of benzene rings is 1. The van der Waals surface area contributed by atoms with Crippen molar-refractivity contribution < 1.29 is 28.9 Å². The second-order valence-corrected chi connectivity index (χ2v) is 3.87. The molecule has 0 fully saturated rings. The molecular formula is C14H17NO6. The first-order valence-electron chi connectivity index (χ1n) is 5.98. The highest BCUT2D eigenvalue weighted by Gasteiger charge is 2.19. The number of nitrogens with one attached hydrogen (secondary N) is 1. The number of methoxy groups -OCH3 is 3. The highest BCUT2D eigenvalue weighted by atomic mass is 16.5. The van der Waals surface area contributed by atoms with Crippen LogP contribution in [0.15, 0.2) is 30.0 Å². The first-order valence-corrected chi connectivity index (χ1v) is 5.98. The number of anilines is 1. The molecule has 0 amide bonds. The monoisotopic (exact) mass is 295 g/mol. The zero-order valence-corrected chi connectivity index (χ0v) is 12.0. The van der Waals surface area contributed by atoms with Gasteiger partial charge in [-0.2, -0.15) is 0 Å². The van der Waals surface area contributed by atoms with Crippen LogP contribution in [-0.4, -0.2) is 38.4 Å². The van der Waals surface area contributed by atoms with Crippen LogP contribution < -0.4 is 10.1 Å². The van der Waals surface area contributed by atoms with E-state index in [0.29, 0.717) is 17.0 Å². The second-order valence-electron chi connectivity index (χ2n) is 3.87. The third kappa shape index (κ3) is 4.22. The minimum Gasteiger partial charge on any atom is -0.496 e. The van der Waals surface area contributed by atoms with Gasteiger partial charge in [0.15, 0.2) is 5.57 Å². The smallest absolute Gasteiger partial charge is 0.346 e. The summed E-state index contributed by atoms with van der Waals surface area (Å²) in [5.41, 5.74) is 0.847. The van der Waals surface area contributed by atoms with Crippen molar-refractivity contribution in [3.63, 3.8) is 0 Å². The fourth-order valence-corrected chi connectivity index (χ4v) is 1.57. The first kappa shape index (κ1) is 16.5. The lowest BCUT2D eigenvalue weighted by Crippen LogP contribution is -2.17. The topological polar surface area (TPSA) is 94.1 Å². The molecule has 7 nitrogen and oxygen atoms in total. The summed E-state index contributed by atoms with van der Waals surface area (Å²) in [6.45, 7) is -0.205. The van der Waals surface area contributed by atoms with Gasteiger partial charge in [-0.25, -0.2) is 9.59 Å². The van der Waals surface area contributed by atoms with E-state index in [9.17, 15) is 14.7 Å². The number of ether oxygens (including phenoxy) is 3. The van der Waals surface area contributed by atoms with Crippen LogP contribution in [0.25, 0.3) is 0 Å². The Kier molecular flexibility index (Phi) is 6.22. The van der Waals surface area contributed by atoms with E-state index >= 15 is 0 Å². The minimum atomic E-state index is -0.815. The number of hydrogen-bond donors (Lipinski definition) is 2. The van der Waals surface area contributed by atoms with E-state index in [-0.39, 0.29) is 12.2 Å². The summed E-state index contributed by atoms with van der Waals surface area (Å²) in [5, 5.41) is 12.0. The summed E-state index contributed by atoms with van der Waals surface area (Å²) < 4.78 is 14.1. The Balaban J connectivity index is 3.00. The zero-order valence-electron chi connectivity index (χ0n) is 12.0. The molecule has 0 heterocycles. The van der Waals surface area contributed by atoms with Crippen molar-refractivity contribution in [2.75, 3.05) is 26.6 Å². The number of carbonyl (C=O) groups excluding carboxylic acids is 2. The number of rotatable bonds is 6. The summed E-state index contributed by atoms with van der Waals surface area (Å²) in [6, 6.07) is 4.94. The number of aliphatic hydroxyl groups is 1. The summed E-state index contributed by atoms with van der Waals surface area (Å²) in [6.07, 6.45) is 1.18. The van der Waals surface area contributed by atoms with Gasteiger partial charge in [0, 0.05) is 17.5 Å². The molecule has 0 spiro atoms. The van der Waals surface area contributed by atoms with Crippen molar-refractivity contribution in [2.45, 2.75) is 6.61 Å². The van der Waals surface area contributed by atoms with E-state index < -0.39 is 11.9 Å². The third-order valence-electron chi connectivity index (χ3n) is 2.64. The van der Waals surface area contributed by atoms with Gasteiger partial charge in [0.25, 0.3) is 0 Å². The molecule has 1 aromatic carbocycles. The van der Waals surface area contributed by atoms with Crippen LogP contribution in [0.4, 0.5) is 5.69 Å². The normalized spacial score (nSPS) is 9.52. The maximum atomic E-state index is 11.5. The molecule has 1 rings (SSSR count). The number of aliphatic hydroxyl groups excluding tert-OH is 1. The molecule has 0 atom stereocenters. The average molecular weight is 295 g/mol. The van der Waals surface area contributed by atoms with Crippen LogP contribution in [0.5, 0.6) is 5.75 Å². The first-order chi connectivity index (χ1) is 10.1. The van der Waals surface area contributed by atoms with Crippen molar-refractivity contribution in [3.05, 3.63) is 35.5 Å². The molecule has 7 heteroatoms. The van der Waals surface area contributed by atoms with E-state index in [1.54, 1.807) is 18.2 Å². The Bertz CT molecular complexity index is 534. The maximum absolute atomic E-state index is 11.5. The van der Waals surface area contributed by atoms with E-state index in [1.807, 2.05) is 0 Å². The second kappa shape index (κ2) is 7.91. The van der Waals surface area contributed by atoms with E-state index in [0.717, 1.165) is 14.2 Å². The standard InChI is InChI=1S/C14H17NO6/c1-19-12-5-4-10(6-9(12)8-16)15-7-11(13(17)20-2)14(18)21-3/h4-7,15-16H,8H2,1-3H3. The van der Waals surface area contributed by atoms with Gasteiger partial charge in [0.1, 0.15) is 5.75 Å². The van der Waals surface area contributed by atoms with Crippen molar-refractivity contribution in [3.8, 4) is 5.75 Å². The molecule has 0 aromatic heterocycles. The Morgan fingerprint density at radius 3 is 2.29 bits per heavy atom. The average Bonchev–Trinajstić information content (AvgIpc) is 2.53. The number of hydrogen-bond acceptors (Lipinski definition) is 7. The highest BCUT2D eigenvalue weighted by molar-refractivity contribution is 6.14. The lowest BCUT2D eigenvalue weighted by molar-refractivity contribution is -0.144. The van der Waals surface area contributed by atoms with Crippen molar-refractivity contribution >= 4 is 17.6 Å². The van der Waals surface area contributed by atoms with Crippen LogP contribution >= 0.6 is 0 Å². The fraction of sp³-hybridized carbons (Fsp3) is 0.286. The molecule has 0 saturated heterocycles. The zero-order chi connectivity index (χ0) is 15.8. The predicted molar refractivity (Wildman–Crippen MR) is 74.7 cm³/mol. The third-order valence-corrected chi connectivity index (χ3v) is 2.64. The molecule has 0 aliphatic carbocycles. The van der Waals surface area contributed by atoms with Gasteiger partial charge >= 0.3 is 11.9 Å². The lowest BCUT2D eigenvalue weighted by atomic mass is 10.2. The molecule has 0 saturated carbocycles. The van der Waals surface area contributed by atoms with Crippen molar-refractivity contribution in [1.29, 1.82) is 0 Å². The summed E-state index contributed by atoms with van der Waals surface area (Å²) >= 11 is 0. The molecule has 114 valence electrons. The van der Waals surface area contributed by atoms with E-state index in [1.165, 1.54) is 13.3 Å². The SMILES string of the molecule is COC(=O)C(=CNc1ccc(OC)c(CO)c1)C(=O)OC. The molecule has 21 heavy (non-hydrogen) atoms. The van der Waals surface area contributed by atoms with Gasteiger partial charge in [-0.15, -0.1) is 0 Å². The van der Waals surface area contributed by atoms with Crippen LogP contribution in [0.1, 0.15) is 5.56 Å². The predicted octanol–water partition coefficient (Wildman–Crippen LogP) is 0.829. The van der Waals surface area contributed by atoms with Gasteiger partial charge in [0.05, 0.1) is 27.9 Å². The molecule has 0 bridgehead atoms. The molecular weight excluding hydrogens is 278 g/mol. The summed E-state index contributed by atoms with van der Waals surface area (Å²) in [4.78, 5) is 22.9. The van der Waals surface area contributed by atoms with Gasteiger partial charge in [-0.3, -0.25) is 0 Å². The van der Waals surface area contributed by atoms with Crippen molar-refractivity contribution in [2.24, 2.45) is 0 Å². The van der Waals surface area contributed by atoms with Gasteiger partial charge in [-0.1, -0.05) is 0 Å². The van der Waals surface area contributed by atoms with Gasteiger partial charge in [0.2, 0.25) is 0 Å². The minimum absolute atomic E-state index is 0.205. The number of esters is 2. The van der Waals surface area contributed by atoms with Crippen LogP contribution in [-0.2, 0) is 25.7 Å². The van der Waals surface area contributed by atoms with Crippen LogP contribution in [0.3, 0.4) is 0 Å².